The van der Waals surface area contributed by atoms with Crippen molar-refractivity contribution in [1.82, 2.24) is 5.32 Å². The summed E-state index contributed by atoms with van der Waals surface area (Å²) in [5.41, 5.74) is 0.426. The Kier molecular flexibility index (Phi) is 6.65. The number of amides is 1. The molecule has 118 valence electrons. The van der Waals surface area contributed by atoms with Crippen LogP contribution in [-0.2, 0) is 16.1 Å². The molecule has 1 rings (SSSR count). The molecule has 0 aromatic heterocycles. The number of carbonyl (C=O) groups is 1. The second-order valence-electron chi connectivity index (χ2n) is 5.84. The van der Waals surface area contributed by atoms with Gasteiger partial charge in [-0.2, -0.15) is 0 Å². The molecule has 0 bridgehead atoms. The van der Waals surface area contributed by atoms with E-state index < -0.39 is 24.0 Å². The molecule has 0 spiro atoms. The molecule has 0 heterocycles. The summed E-state index contributed by atoms with van der Waals surface area (Å²) in [7, 11) is 0. The van der Waals surface area contributed by atoms with Crippen LogP contribution in [0, 0.1) is 0 Å². The molecule has 1 amide bonds. The third kappa shape index (κ3) is 7.11. The normalized spacial score (nSPS) is 14.3. The fourth-order valence-electron chi connectivity index (χ4n) is 1.74. The van der Waals surface area contributed by atoms with Gasteiger partial charge in [0.05, 0.1) is 11.6 Å². The quantitative estimate of drug-likeness (QED) is 0.792. The van der Waals surface area contributed by atoms with Crippen LogP contribution >= 0.6 is 0 Å². The topological polar surface area (TPSA) is 67.8 Å². The first-order valence-corrected chi connectivity index (χ1v) is 7.15. The summed E-state index contributed by atoms with van der Waals surface area (Å²) in [5.74, 6) is 0. The SMILES string of the molecule is CC[C@@H](NC(=O)OCc1ccccc1)[C@H](O)OC(C)(C)C. The molecule has 5 nitrogen and oxygen atoms in total. The van der Waals surface area contributed by atoms with Crippen molar-refractivity contribution in [2.24, 2.45) is 0 Å². The van der Waals surface area contributed by atoms with Gasteiger partial charge in [0.1, 0.15) is 6.61 Å². The molecule has 0 aliphatic heterocycles. The minimum absolute atomic E-state index is 0.194. The minimum Gasteiger partial charge on any atom is -0.445 e. The van der Waals surface area contributed by atoms with Gasteiger partial charge >= 0.3 is 6.09 Å². The standard InChI is InChI=1S/C16H25NO4/c1-5-13(14(18)21-16(2,3)4)17-15(19)20-11-12-9-7-6-8-10-12/h6-10,13-14,18H,5,11H2,1-4H3,(H,17,19)/t13-,14-/m1/s1. The van der Waals surface area contributed by atoms with Crippen molar-refractivity contribution in [3.8, 4) is 0 Å². The lowest BCUT2D eigenvalue weighted by Crippen LogP contribution is -2.46. The third-order valence-corrected chi connectivity index (χ3v) is 2.77. The molecule has 0 unspecified atom stereocenters. The Bertz CT molecular complexity index is 428. The Morgan fingerprint density at radius 2 is 1.90 bits per heavy atom. The summed E-state index contributed by atoms with van der Waals surface area (Å²) >= 11 is 0. The van der Waals surface area contributed by atoms with E-state index in [1.165, 1.54) is 0 Å². The van der Waals surface area contributed by atoms with Crippen molar-refractivity contribution in [3.05, 3.63) is 35.9 Å². The zero-order valence-corrected chi connectivity index (χ0v) is 13.1. The van der Waals surface area contributed by atoms with Crippen LogP contribution in [0.25, 0.3) is 0 Å². The average molecular weight is 295 g/mol. The number of ether oxygens (including phenoxy) is 2. The van der Waals surface area contributed by atoms with Gasteiger partial charge in [-0.25, -0.2) is 4.79 Å². The summed E-state index contributed by atoms with van der Waals surface area (Å²) < 4.78 is 10.6. The molecule has 0 saturated carbocycles. The Balaban J connectivity index is 2.43. The molecular weight excluding hydrogens is 270 g/mol. The second kappa shape index (κ2) is 8.00. The van der Waals surface area contributed by atoms with E-state index in [1.54, 1.807) is 0 Å². The number of hydrogen-bond donors (Lipinski definition) is 2. The molecule has 1 aromatic rings. The van der Waals surface area contributed by atoms with Gasteiger partial charge in [-0.15, -0.1) is 0 Å². The first-order chi connectivity index (χ1) is 9.81. The van der Waals surface area contributed by atoms with E-state index in [1.807, 2.05) is 58.0 Å². The van der Waals surface area contributed by atoms with Crippen LogP contribution in [-0.4, -0.2) is 29.1 Å². The molecule has 0 aliphatic rings. The van der Waals surface area contributed by atoms with Gasteiger partial charge in [0.2, 0.25) is 0 Å². The third-order valence-electron chi connectivity index (χ3n) is 2.77. The number of rotatable bonds is 6. The number of aliphatic hydroxyl groups excluding tert-OH is 1. The summed E-state index contributed by atoms with van der Waals surface area (Å²) in [6, 6.07) is 8.91. The maximum atomic E-state index is 11.8. The summed E-state index contributed by atoms with van der Waals surface area (Å²) in [6.07, 6.45) is -1.10. The van der Waals surface area contributed by atoms with Crippen molar-refractivity contribution in [2.75, 3.05) is 0 Å². The van der Waals surface area contributed by atoms with Gasteiger partial charge in [-0.05, 0) is 32.8 Å². The van der Waals surface area contributed by atoms with Crippen LogP contribution < -0.4 is 5.32 Å². The first-order valence-electron chi connectivity index (χ1n) is 7.15. The van der Waals surface area contributed by atoms with E-state index in [9.17, 15) is 9.90 Å². The molecular formula is C16H25NO4. The zero-order valence-electron chi connectivity index (χ0n) is 13.1. The lowest BCUT2D eigenvalue weighted by Gasteiger charge is -2.29. The number of carbonyl (C=O) groups excluding carboxylic acids is 1. The zero-order chi connectivity index (χ0) is 15.9. The number of alkyl carbamates (subject to hydrolysis) is 1. The van der Waals surface area contributed by atoms with Gasteiger partial charge in [0.15, 0.2) is 6.29 Å². The van der Waals surface area contributed by atoms with Crippen LogP contribution in [0.1, 0.15) is 39.7 Å². The first kappa shape index (κ1) is 17.5. The molecule has 0 saturated heterocycles. The van der Waals surface area contributed by atoms with Crippen molar-refractivity contribution < 1.29 is 19.4 Å². The van der Waals surface area contributed by atoms with E-state index in [-0.39, 0.29) is 6.61 Å². The smallest absolute Gasteiger partial charge is 0.407 e. The van der Waals surface area contributed by atoms with E-state index in [0.717, 1.165) is 5.56 Å². The maximum Gasteiger partial charge on any atom is 0.407 e. The highest BCUT2D eigenvalue weighted by atomic mass is 16.6. The molecule has 2 atom stereocenters. The molecule has 0 fully saturated rings. The Labute approximate surface area is 126 Å². The highest BCUT2D eigenvalue weighted by Gasteiger charge is 2.25. The van der Waals surface area contributed by atoms with Gasteiger partial charge in [-0.1, -0.05) is 37.3 Å². The predicted molar refractivity (Wildman–Crippen MR) is 80.7 cm³/mol. The molecule has 2 N–H and O–H groups in total. The van der Waals surface area contributed by atoms with Crippen LogP contribution in [0.2, 0.25) is 0 Å². The van der Waals surface area contributed by atoms with Crippen LogP contribution in [0.3, 0.4) is 0 Å². The van der Waals surface area contributed by atoms with Crippen molar-refractivity contribution in [1.29, 1.82) is 0 Å². The lowest BCUT2D eigenvalue weighted by molar-refractivity contribution is -0.179. The summed E-state index contributed by atoms with van der Waals surface area (Å²) in [4.78, 5) is 11.8. The highest BCUT2D eigenvalue weighted by molar-refractivity contribution is 5.67. The van der Waals surface area contributed by atoms with Gasteiger partial charge in [0, 0.05) is 0 Å². The minimum atomic E-state index is -1.07. The van der Waals surface area contributed by atoms with Crippen molar-refractivity contribution in [2.45, 2.75) is 58.7 Å². The number of benzene rings is 1. The van der Waals surface area contributed by atoms with Crippen LogP contribution in [0.5, 0.6) is 0 Å². The predicted octanol–water partition coefficient (Wildman–Crippen LogP) is 2.82. The van der Waals surface area contributed by atoms with Crippen LogP contribution in [0.4, 0.5) is 4.79 Å². The van der Waals surface area contributed by atoms with Crippen molar-refractivity contribution >= 4 is 6.09 Å². The fourth-order valence-corrected chi connectivity index (χ4v) is 1.74. The molecule has 1 aromatic carbocycles. The Morgan fingerprint density at radius 1 is 1.29 bits per heavy atom. The number of nitrogens with one attached hydrogen (secondary N) is 1. The van der Waals surface area contributed by atoms with Crippen LogP contribution in [0.15, 0.2) is 30.3 Å². The molecule has 21 heavy (non-hydrogen) atoms. The summed E-state index contributed by atoms with van der Waals surface area (Å²) in [6.45, 7) is 7.58. The number of aliphatic hydroxyl groups is 1. The van der Waals surface area contributed by atoms with Gasteiger partial charge in [-0.3, -0.25) is 0 Å². The van der Waals surface area contributed by atoms with Gasteiger partial charge in [0.25, 0.3) is 0 Å². The molecule has 0 radical (unpaired) electrons. The largest absolute Gasteiger partial charge is 0.445 e. The van der Waals surface area contributed by atoms with E-state index in [0.29, 0.717) is 6.42 Å². The molecule has 5 heteroatoms. The van der Waals surface area contributed by atoms with E-state index >= 15 is 0 Å². The van der Waals surface area contributed by atoms with Gasteiger partial charge < -0.3 is 19.9 Å². The Morgan fingerprint density at radius 3 is 2.43 bits per heavy atom. The number of hydrogen-bond acceptors (Lipinski definition) is 4. The summed E-state index contributed by atoms with van der Waals surface area (Å²) in [5, 5.41) is 12.6. The van der Waals surface area contributed by atoms with E-state index in [4.69, 9.17) is 9.47 Å². The molecule has 0 aliphatic carbocycles. The monoisotopic (exact) mass is 295 g/mol. The van der Waals surface area contributed by atoms with Crippen molar-refractivity contribution in [3.63, 3.8) is 0 Å². The average Bonchev–Trinajstić information content (AvgIpc) is 2.41. The Hall–Kier alpha value is -1.59. The fraction of sp³-hybridized carbons (Fsp3) is 0.562. The second-order valence-corrected chi connectivity index (χ2v) is 5.84. The highest BCUT2D eigenvalue weighted by Crippen LogP contribution is 2.13. The lowest BCUT2D eigenvalue weighted by atomic mass is 10.1. The maximum absolute atomic E-state index is 11.8. The van der Waals surface area contributed by atoms with E-state index in [2.05, 4.69) is 5.32 Å².